The molecule has 0 saturated carbocycles. The molecule has 0 bridgehead atoms. The molecule has 21 heavy (non-hydrogen) atoms. The third-order valence-corrected chi connectivity index (χ3v) is 2.96. The smallest absolute Gasteiger partial charge is 0.315 e. The van der Waals surface area contributed by atoms with Gasteiger partial charge in [0.05, 0.1) is 24.8 Å². The quantitative estimate of drug-likeness (QED) is 0.669. The summed E-state index contributed by atoms with van der Waals surface area (Å²) < 4.78 is 10.1. The molecule has 7 nitrogen and oxygen atoms in total. The van der Waals surface area contributed by atoms with Gasteiger partial charge in [-0.1, -0.05) is 6.07 Å². The van der Waals surface area contributed by atoms with E-state index in [1.165, 1.54) is 32.5 Å². The lowest BCUT2D eigenvalue weighted by atomic mass is 10.0. The van der Waals surface area contributed by atoms with Gasteiger partial charge in [-0.05, 0) is 23.8 Å². The average Bonchev–Trinajstić information content (AvgIpc) is 2.53. The lowest BCUT2D eigenvalue weighted by Gasteiger charge is -2.14. The molecule has 0 aliphatic carbocycles. The summed E-state index contributed by atoms with van der Waals surface area (Å²) in [5, 5.41) is 21.4. The predicted molar refractivity (Wildman–Crippen MR) is 74.5 cm³/mol. The van der Waals surface area contributed by atoms with Crippen LogP contribution in [0.3, 0.4) is 0 Å². The van der Waals surface area contributed by atoms with Crippen molar-refractivity contribution < 1.29 is 19.5 Å². The van der Waals surface area contributed by atoms with Crippen LogP contribution in [0.2, 0.25) is 0 Å². The highest BCUT2D eigenvalue weighted by Crippen LogP contribution is 2.40. The van der Waals surface area contributed by atoms with Gasteiger partial charge in [-0.2, -0.15) is 0 Å². The number of pyridine rings is 1. The lowest BCUT2D eigenvalue weighted by Crippen LogP contribution is -2.05. The summed E-state index contributed by atoms with van der Waals surface area (Å²) in [6.45, 7) is 0. The Morgan fingerprint density at radius 3 is 2.57 bits per heavy atom. The summed E-state index contributed by atoms with van der Waals surface area (Å²) >= 11 is 0. The number of benzene rings is 1. The highest BCUT2D eigenvalue weighted by molar-refractivity contribution is 5.59. The third kappa shape index (κ3) is 2.92. The molecule has 0 amide bonds. The zero-order chi connectivity index (χ0) is 15.4. The van der Waals surface area contributed by atoms with E-state index < -0.39 is 11.0 Å². The van der Waals surface area contributed by atoms with E-state index in [1.54, 1.807) is 18.2 Å². The van der Waals surface area contributed by atoms with Gasteiger partial charge in [-0.15, -0.1) is 0 Å². The number of methoxy groups -OCH3 is 2. The van der Waals surface area contributed by atoms with Gasteiger partial charge in [-0.25, -0.2) is 0 Å². The third-order valence-electron chi connectivity index (χ3n) is 2.96. The standard InChI is InChI=1S/C14H14N2O5/c1-20-12-8-9(7-11(16(18)19)14(12)21-2)13(17)10-5-3-4-6-15-10/h3-8,13,17H,1-2H3. The molecule has 1 aromatic carbocycles. The monoisotopic (exact) mass is 290 g/mol. The van der Waals surface area contributed by atoms with E-state index in [4.69, 9.17) is 9.47 Å². The zero-order valence-corrected chi connectivity index (χ0v) is 11.5. The second-order valence-corrected chi connectivity index (χ2v) is 4.19. The SMILES string of the molecule is COc1cc(C(O)c2ccccn2)cc([N+](=O)[O-])c1OC. The highest BCUT2D eigenvalue weighted by atomic mass is 16.6. The number of ether oxygens (including phenoxy) is 2. The zero-order valence-electron chi connectivity index (χ0n) is 11.5. The van der Waals surface area contributed by atoms with Gasteiger partial charge < -0.3 is 14.6 Å². The Balaban J connectivity index is 2.54. The molecule has 110 valence electrons. The van der Waals surface area contributed by atoms with Crippen molar-refractivity contribution in [3.63, 3.8) is 0 Å². The molecule has 0 aliphatic heterocycles. The largest absolute Gasteiger partial charge is 0.493 e. The van der Waals surface area contributed by atoms with E-state index in [1.807, 2.05) is 0 Å². The number of nitrogens with zero attached hydrogens (tertiary/aromatic N) is 2. The average molecular weight is 290 g/mol. The van der Waals surface area contributed by atoms with Gasteiger partial charge >= 0.3 is 5.69 Å². The minimum Gasteiger partial charge on any atom is -0.493 e. The van der Waals surface area contributed by atoms with E-state index in [0.717, 1.165) is 0 Å². The van der Waals surface area contributed by atoms with Gasteiger partial charge in [0.15, 0.2) is 5.75 Å². The van der Waals surface area contributed by atoms with Gasteiger partial charge in [0.1, 0.15) is 6.10 Å². The lowest BCUT2D eigenvalue weighted by molar-refractivity contribution is -0.385. The molecule has 7 heteroatoms. The first-order valence-electron chi connectivity index (χ1n) is 6.07. The Kier molecular flexibility index (Phi) is 4.34. The van der Waals surface area contributed by atoms with Crippen molar-refractivity contribution in [1.29, 1.82) is 0 Å². The van der Waals surface area contributed by atoms with Crippen molar-refractivity contribution in [3.8, 4) is 11.5 Å². The van der Waals surface area contributed by atoms with Crippen LogP contribution in [0, 0.1) is 10.1 Å². The molecule has 2 aromatic rings. The van der Waals surface area contributed by atoms with Crippen molar-refractivity contribution in [3.05, 3.63) is 57.9 Å². The van der Waals surface area contributed by atoms with E-state index in [2.05, 4.69) is 4.98 Å². The number of aromatic nitrogens is 1. The number of aliphatic hydroxyl groups is 1. The molecular weight excluding hydrogens is 276 g/mol. The number of rotatable bonds is 5. The summed E-state index contributed by atoms with van der Waals surface area (Å²) in [6.07, 6.45) is 0.443. The van der Waals surface area contributed by atoms with Crippen LogP contribution in [0.1, 0.15) is 17.4 Å². The predicted octanol–water partition coefficient (Wildman–Crippen LogP) is 2.09. The molecule has 2 rings (SSSR count). The Morgan fingerprint density at radius 2 is 2.05 bits per heavy atom. The molecule has 1 heterocycles. The van der Waals surface area contributed by atoms with Crippen molar-refractivity contribution in [2.45, 2.75) is 6.10 Å². The van der Waals surface area contributed by atoms with E-state index >= 15 is 0 Å². The summed E-state index contributed by atoms with van der Waals surface area (Å²) in [7, 11) is 2.69. The summed E-state index contributed by atoms with van der Waals surface area (Å²) in [5.74, 6) is 0.191. The topological polar surface area (TPSA) is 94.7 Å². The van der Waals surface area contributed by atoms with Gasteiger partial charge in [0.25, 0.3) is 0 Å². The highest BCUT2D eigenvalue weighted by Gasteiger charge is 2.24. The maximum absolute atomic E-state index is 11.1. The van der Waals surface area contributed by atoms with Gasteiger partial charge in [-0.3, -0.25) is 15.1 Å². The molecular formula is C14H14N2O5. The minimum atomic E-state index is -1.09. The maximum Gasteiger partial charge on any atom is 0.315 e. The Labute approximate surface area is 120 Å². The van der Waals surface area contributed by atoms with Gasteiger partial charge in [0.2, 0.25) is 5.75 Å². The van der Waals surface area contributed by atoms with Crippen molar-refractivity contribution in [2.24, 2.45) is 0 Å². The fraction of sp³-hybridized carbons (Fsp3) is 0.214. The Morgan fingerprint density at radius 1 is 1.29 bits per heavy atom. The maximum atomic E-state index is 11.1. The van der Waals surface area contributed by atoms with Gasteiger partial charge in [0, 0.05) is 12.3 Å². The second kappa shape index (κ2) is 6.19. The normalized spacial score (nSPS) is 11.8. The molecule has 0 radical (unpaired) electrons. The van der Waals surface area contributed by atoms with E-state index in [0.29, 0.717) is 11.3 Å². The second-order valence-electron chi connectivity index (χ2n) is 4.19. The van der Waals surface area contributed by atoms with Crippen LogP contribution in [-0.4, -0.2) is 29.2 Å². The summed E-state index contributed by atoms with van der Waals surface area (Å²) in [5.41, 5.74) is 0.416. The fourth-order valence-corrected chi connectivity index (χ4v) is 1.97. The Hall–Kier alpha value is -2.67. The van der Waals surface area contributed by atoms with Crippen LogP contribution in [0.5, 0.6) is 11.5 Å². The van der Waals surface area contributed by atoms with Crippen LogP contribution in [0.25, 0.3) is 0 Å². The first kappa shape index (κ1) is 14.7. The molecule has 0 fully saturated rings. The van der Waals surface area contributed by atoms with Crippen LogP contribution in [0.15, 0.2) is 36.5 Å². The summed E-state index contributed by atoms with van der Waals surface area (Å²) in [4.78, 5) is 14.6. The van der Waals surface area contributed by atoms with Crippen LogP contribution < -0.4 is 9.47 Å². The first-order valence-corrected chi connectivity index (χ1v) is 6.07. The van der Waals surface area contributed by atoms with E-state index in [-0.39, 0.29) is 17.2 Å². The fourth-order valence-electron chi connectivity index (χ4n) is 1.97. The molecule has 1 aromatic heterocycles. The number of aliphatic hydroxyl groups excluding tert-OH is 1. The van der Waals surface area contributed by atoms with Crippen molar-refractivity contribution in [1.82, 2.24) is 4.98 Å². The number of nitro benzene ring substituents is 1. The molecule has 1 N–H and O–H groups in total. The number of hydrogen-bond donors (Lipinski definition) is 1. The molecule has 0 aliphatic rings. The van der Waals surface area contributed by atoms with E-state index in [9.17, 15) is 15.2 Å². The van der Waals surface area contributed by atoms with Crippen LogP contribution in [0.4, 0.5) is 5.69 Å². The molecule has 1 unspecified atom stereocenters. The molecule has 0 spiro atoms. The Bertz CT molecular complexity index is 645. The van der Waals surface area contributed by atoms with Crippen LogP contribution in [-0.2, 0) is 0 Å². The number of nitro groups is 1. The molecule has 1 atom stereocenters. The molecule has 0 saturated heterocycles. The minimum absolute atomic E-state index is 0.0134. The van der Waals surface area contributed by atoms with Crippen molar-refractivity contribution >= 4 is 5.69 Å². The first-order chi connectivity index (χ1) is 10.1. The summed E-state index contributed by atoms with van der Waals surface area (Å²) in [6, 6.07) is 7.81. The number of hydrogen-bond acceptors (Lipinski definition) is 6. The van der Waals surface area contributed by atoms with Crippen LogP contribution >= 0.6 is 0 Å². The van der Waals surface area contributed by atoms with Crippen molar-refractivity contribution in [2.75, 3.05) is 14.2 Å².